The molecule has 1 aromatic rings. The maximum Gasteiger partial charge on any atom is 0.409 e. The number of fused-ring (bicyclic) bond motifs is 5. The number of nitrogens with one attached hydrogen (secondary N) is 4. The molecule has 5 rings (SSSR count). The van der Waals surface area contributed by atoms with Gasteiger partial charge >= 0.3 is 24.2 Å². The Kier molecular flexibility index (Phi) is 18.0. The van der Waals surface area contributed by atoms with E-state index in [4.69, 9.17) is 20.3 Å². The number of rotatable bonds is 21. The van der Waals surface area contributed by atoms with Crippen LogP contribution in [0.15, 0.2) is 48.1 Å². The zero-order valence-corrected chi connectivity index (χ0v) is 42.0. The summed E-state index contributed by atoms with van der Waals surface area (Å²) in [6.45, 7) is 7.55. The summed E-state index contributed by atoms with van der Waals surface area (Å²) in [6, 6.07) is 3.30. The van der Waals surface area contributed by atoms with Crippen molar-refractivity contribution in [2.75, 3.05) is 45.7 Å². The van der Waals surface area contributed by atoms with Crippen LogP contribution >= 0.6 is 0 Å². The molecule has 0 spiro atoms. The molecule has 3 fully saturated rings. The Balaban J connectivity index is 1.09. The smallest absolute Gasteiger partial charge is 0.409 e. The van der Waals surface area contributed by atoms with Gasteiger partial charge in [0.25, 0.3) is 0 Å². The number of ketones is 2. The summed E-state index contributed by atoms with van der Waals surface area (Å²) >= 11 is 0. The number of Topliss-reactive ketones (excluding diaryl/α,β-unsaturated/α-hetero) is 1. The van der Waals surface area contributed by atoms with Gasteiger partial charge in [0.15, 0.2) is 18.1 Å². The largest absolute Gasteiger partial charge is 0.481 e. The van der Waals surface area contributed by atoms with E-state index in [0.717, 1.165) is 4.90 Å². The molecule has 9 N–H and O–H groups in total. The standard InChI is InChI=1S/C50H70FN7O14/c1-28(2)41(56-39(62)16-17-40(63)64)43(66)55-36(9-8-20-53-44(52)67)42(65)54-32-13-10-30(11-14-32)26-71-45(68)57(6)21-22-58(7)46(69)72-27-38(61)50(70)29(3)23-35-34-15-12-31-24-33(59)18-19-47(31,4)49(34,51)37(60)25-48(35,50)5/h10-11,13-14,18-19,24,28-29,34-37,41,60,70H,8-9,12,15-17,20-23,25-27H2,1-7H3,(H,54,65)(H,55,66)(H,56,62)(H,63,64)(H3,52,53,67)/t29-,34+,35+,36+,37+,41+,47+,48+,49+,50+/m1/s1. The molecule has 0 unspecified atom stereocenters. The number of carbonyl (C=O) groups excluding carboxylic acids is 8. The minimum absolute atomic E-state index is 0.00118. The van der Waals surface area contributed by atoms with Crippen molar-refractivity contribution in [2.24, 2.45) is 40.2 Å². The number of carboxylic acids is 1. The number of likely N-dealkylation sites (N-methyl/N-ethyl adjacent to an activating group) is 2. The highest BCUT2D eigenvalue weighted by molar-refractivity contribution is 6.01. The van der Waals surface area contributed by atoms with Gasteiger partial charge in [-0.05, 0) is 93.1 Å². The molecule has 1 aromatic carbocycles. The van der Waals surface area contributed by atoms with Gasteiger partial charge in [0.05, 0.1) is 12.5 Å². The van der Waals surface area contributed by atoms with Crippen molar-refractivity contribution >= 4 is 59.2 Å². The molecule has 4 aliphatic rings. The number of aliphatic hydroxyl groups is 2. The first kappa shape index (κ1) is 56.5. The molecule has 7 amide bonds. The number of halogens is 1. The third kappa shape index (κ3) is 11.9. The van der Waals surface area contributed by atoms with Crippen LogP contribution in [0.25, 0.3) is 0 Å². The van der Waals surface area contributed by atoms with E-state index in [1.54, 1.807) is 65.0 Å². The lowest BCUT2D eigenvalue weighted by Gasteiger charge is -2.62. The molecule has 0 bridgehead atoms. The number of carbonyl (C=O) groups is 9. The Morgan fingerprint density at radius 3 is 2.18 bits per heavy atom. The highest BCUT2D eigenvalue weighted by Crippen LogP contribution is 2.70. The number of ether oxygens (including phenoxy) is 2. The lowest BCUT2D eigenvalue weighted by molar-refractivity contribution is -0.219. The fourth-order valence-corrected chi connectivity index (χ4v) is 11.2. The third-order valence-corrected chi connectivity index (χ3v) is 15.4. The fraction of sp³-hybridized carbons (Fsp3) is 0.620. The van der Waals surface area contributed by atoms with E-state index < -0.39 is 125 Å². The molecule has 4 aliphatic carbocycles. The van der Waals surface area contributed by atoms with Gasteiger partial charge in [0.1, 0.15) is 24.3 Å². The number of benzene rings is 1. The molecule has 3 saturated carbocycles. The molecule has 0 heterocycles. The first-order valence-electron chi connectivity index (χ1n) is 24.3. The van der Waals surface area contributed by atoms with Crippen molar-refractivity contribution in [1.29, 1.82) is 0 Å². The van der Waals surface area contributed by atoms with Crippen LogP contribution in [-0.2, 0) is 44.8 Å². The van der Waals surface area contributed by atoms with Crippen molar-refractivity contribution in [2.45, 2.75) is 122 Å². The highest BCUT2D eigenvalue weighted by atomic mass is 19.1. The summed E-state index contributed by atoms with van der Waals surface area (Å²) in [7, 11) is 2.85. The number of urea groups is 1. The molecule has 396 valence electrons. The van der Waals surface area contributed by atoms with Gasteiger partial charge in [-0.2, -0.15) is 0 Å². The van der Waals surface area contributed by atoms with Crippen LogP contribution in [0.3, 0.4) is 0 Å². The monoisotopic (exact) mass is 1010 g/mol. The number of anilines is 1. The van der Waals surface area contributed by atoms with Crippen LogP contribution in [0, 0.1) is 34.5 Å². The number of aliphatic carboxylic acids is 1. The quantitative estimate of drug-likeness (QED) is 0.0821. The van der Waals surface area contributed by atoms with E-state index in [9.17, 15) is 53.4 Å². The number of hydrogen-bond donors (Lipinski definition) is 8. The van der Waals surface area contributed by atoms with Crippen LogP contribution in [0.1, 0.15) is 91.5 Å². The first-order valence-corrected chi connectivity index (χ1v) is 24.3. The average Bonchev–Trinajstić information content (AvgIpc) is 3.52. The van der Waals surface area contributed by atoms with E-state index in [0.29, 0.717) is 36.1 Å². The topological polar surface area (TPSA) is 313 Å². The van der Waals surface area contributed by atoms with Crippen LogP contribution < -0.4 is 27.0 Å². The van der Waals surface area contributed by atoms with Gasteiger partial charge in [-0.15, -0.1) is 0 Å². The number of nitrogens with two attached hydrogens (primary N) is 1. The molecule has 0 saturated heterocycles. The highest BCUT2D eigenvalue weighted by Gasteiger charge is 2.75. The molecule has 10 atom stereocenters. The Morgan fingerprint density at radius 2 is 1.57 bits per heavy atom. The van der Waals surface area contributed by atoms with Crippen molar-refractivity contribution in [3.05, 3.63) is 53.6 Å². The Bertz CT molecular complexity index is 2330. The van der Waals surface area contributed by atoms with Gasteiger partial charge in [-0.3, -0.25) is 28.8 Å². The maximum atomic E-state index is 17.5. The van der Waals surface area contributed by atoms with Crippen molar-refractivity contribution < 1.29 is 72.3 Å². The SMILES string of the molecule is CC(C)[C@H](NC(=O)CCC(=O)O)C(=O)N[C@@H](CCCNC(N)=O)C(=O)Nc1ccc(COC(=O)N(C)CCN(C)C(=O)OCC(=O)[C@@]2(O)[C@H](C)C[C@H]3[C@@H]4CCC5=CC(=O)C=C[C@]5(C)[C@@]4(F)[C@@H](O)C[C@@]32C)cc1. The normalized spacial score (nSPS) is 27.9. The molecule has 0 aliphatic heterocycles. The number of aliphatic hydroxyl groups excluding tert-OH is 1. The second-order valence-corrected chi connectivity index (χ2v) is 20.4. The van der Waals surface area contributed by atoms with Gasteiger partial charge in [0, 0.05) is 62.6 Å². The van der Waals surface area contributed by atoms with Crippen molar-refractivity contribution in [3.8, 4) is 0 Å². The predicted octanol–water partition coefficient (Wildman–Crippen LogP) is 3.12. The molecular weight excluding hydrogens is 942 g/mol. The number of nitrogens with zero attached hydrogens (tertiary/aromatic N) is 2. The second kappa shape index (κ2) is 23.0. The molecule has 0 radical (unpaired) electrons. The fourth-order valence-electron chi connectivity index (χ4n) is 11.2. The molecule has 0 aromatic heterocycles. The Morgan fingerprint density at radius 1 is 0.931 bits per heavy atom. The zero-order chi connectivity index (χ0) is 53.5. The molecule has 72 heavy (non-hydrogen) atoms. The van der Waals surface area contributed by atoms with E-state index in [1.165, 1.54) is 31.1 Å². The first-order chi connectivity index (χ1) is 33.7. The second-order valence-electron chi connectivity index (χ2n) is 20.4. The number of hydrogen-bond acceptors (Lipinski definition) is 13. The number of carboxylic acid groups (broad SMARTS) is 1. The number of alkyl halides is 1. The lowest BCUT2D eigenvalue weighted by Crippen LogP contribution is -2.69. The van der Waals surface area contributed by atoms with E-state index >= 15 is 4.39 Å². The summed E-state index contributed by atoms with van der Waals surface area (Å²) in [6.07, 6.45) is 1.48. The van der Waals surface area contributed by atoms with E-state index in [-0.39, 0.29) is 57.7 Å². The summed E-state index contributed by atoms with van der Waals surface area (Å²) in [4.78, 5) is 116. The Hall–Kier alpha value is -6.42. The van der Waals surface area contributed by atoms with Crippen LogP contribution in [0.2, 0.25) is 0 Å². The van der Waals surface area contributed by atoms with Crippen molar-refractivity contribution in [3.63, 3.8) is 0 Å². The van der Waals surface area contributed by atoms with Crippen LogP contribution in [-0.4, -0.2) is 148 Å². The minimum Gasteiger partial charge on any atom is -0.481 e. The van der Waals surface area contributed by atoms with Crippen LogP contribution in [0.5, 0.6) is 0 Å². The summed E-state index contributed by atoms with van der Waals surface area (Å²) in [5, 5.41) is 43.1. The number of amides is 7. The lowest BCUT2D eigenvalue weighted by atomic mass is 9.44. The summed E-state index contributed by atoms with van der Waals surface area (Å²) < 4.78 is 28.3. The van der Waals surface area contributed by atoms with Crippen LogP contribution in [0.4, 0.5) is 24.5 Å². The number of primary amides is 1. The van der Waals surface area contributed by atoms with Gasteiger partial charge in [0.2, 0.25) is 23.5 Å². The molecule has 21 nitrogen and oxygen atoms in total. The maximum absolute atomic E-state index is 17.5. The van der Waals surface area contributed by atoms with Gasteiger partial charge in [-0.25, -0.2) is 18.8 Å². The van der Waals surface area contributed by atoms with E-state index in [2.05, 4.69) is 21.3 Å². The molecular formula is C50H70FN7O14. The van der Waals surface area contributed by atoms with Gasteiger partial charge in [-0.1, -0.05) is 51.5 Å². The minimum atomic E-state index is -2.14. The number of allylic oxidation sites excluding steroid dienone is 4. The van der Waals surface area contributed by atoms with Crippen molar-refractivity contribution in [1.82, 2.24) is 25.8 Å². The summed E-state index contributed by atoms with van der Waals surface area (Å²) in [5.74, 6) is -6.41. The Labute approximate surface area is 417 Å². The average molecular weight is 1010 g/mol. The molecule has 22 heteroatoms. The zero-order valence-electron chi connectivity index (χ0n) is 42.0. The third-order valence-electron chi connectivity index (χ3n) is 15.4. The summed E-state index contributed by atoms with van der Waals surface area (Å²) in [5.41, 5.74) is -0.0336. The predicted molar refractivity (Wildman–Crippen MR) is 257 cm³/mol. The van der Waals surface area contributed by atoms with E-state index in [1.807, 2.05) is 0 Å². The van der Waals surface area contributed by atoms with Gasteiger partial charge < -0.3 is 61.6 Å².